The standard InChI is InChI=1S/C24H36N4O2/c1-7-13-27(24(30)25-22-12-8-10-19(4)20(22)5)17-23(29)28(15-18(2)3)16-21-11-9-14-26(21)6/h8-12,14,18H,7,13,15-17H2,1-6H3,(H,25,30). The number of nitrogens with one attached hydrogen (secondary N) is 1. The van der Waals surface area contributed by atoms with Gasteiger partial charge < -0.3 is 19.7 Å². The molecule has 30 heavy (non-hydrogen) atoms. The lowest BCUT2D eigenvalue weighted by molar-refractivity contribution is -0.133. The van der Waals surface area contributed by atoms with Gasteiger partial charge in [0.15, 0.2) is 0 Å². The average Bonchev–Trinajstić information content (AvgIpc) is 3.08. The van der Waals surface area contributed by atoms with E-state index in [1.54, 1.807) is 4.90 Å². The molecule has 0 saturated carbocycles. The molecule has 0 fully saturated rings. The molecule has 0 bridgehead atoms. The first kappa shape index (κ1) is 23.5. The second-order valence-corrected chi connectivity index (χ2v) is 8.38. The van der Waals surface area contributed by atoms with E-state index in [4.69, 9.17) is 0 Å². The lowest BCUT2D eigenvalue weighted by Gasteiger charge is -2.29. The van der Waals surface area contributed by atoms with Gasteiger partial charge in [-0.25, -0.2) is 4.79 Å². The fourth-order valence-electron chi connectivity index (χ4n) is 3.42. The molecule has 1 heterocycles. The lowest BCUT2D eigenvalue weighted by Crippen LogP contribution is -2.45. The molecule has 1 N–H and O–H groups in total. The Kier molecular flexibility index (Phi) is 8.51. The van der Waals surface area contributed by atoms with Crippen LogP contribution in [0.15, 0.2) is 36.5 Å². The van der Waals surface area contributed by atoms with Crippen molar-refractivity contribution in [1.82, 2.24) is 14.4 Å². The van der Waals surface area contributed by atoms with Crippen molar-refractivity contribution in [2.75, 3.05) is 25.0 Å². The Morgan fingerprint density at radius 3 is 2.43 bits per heavy atom. The quantitative estimate of drug-likeness (QED) is 0.656. The number of carbonyl (C=O) groups excluding carboxylic acids is 2. The monoisotopic (exact) mass is 412 g/mol. The molecule has 0 aliphatic heterocycles. The molecule has 2 aromatic rings. The van der Waals surface area contributed by atoms with Gasteiger partial charge in [-0.05, 0) is 55.5 Å². The summed E-state index contributed by atoms with van der Waals surface area (Å²) in [6, 6.07) is 9.62. The molecule has 0 unspecified atom stereocenters. The number of urea groups is 1. The highest BCUT2D eigenvalue weighted by atomic mass is 16.2. The fourth-order valence-corrected chi connectivity index (χ4v) is 3.42. The molecule has 1 aromatic carbocycles. The molecule has 2 rings (SSSR count). The van der Waals surface area contributed by atoms with Crippen molar-refractivity contribution in [3.05, 3.63) is 53.3 Å². The van der Waals surface area contributed by atoms with Crippen LogP contribution in [-0.2, 0) is 18.4 Å². The number of benzene rings is 1. The van der Waals surface area contributed by atoms with Gasteiger partial charge in [0.25, 0.3) is 0 Å². The summed E-state index contributed by atoms with van der Waals surface area (Å²) in [6.45, 7) is 12.0. The summed E-state index contributed by atoms with van der Waals surface area (Å²) in [5.41, 5.74) is 4.03. The highest BCUT2D eigenvalue weighted by molar-refractivity contribution is 5.93. The van der Waals surface area contributed by atoms with Crippen LogP contribution in [-0.4, -0.2) is 45.9 Å². The van der Waals surface area contributed by atoms with E-state index in [1.807, 2.05) is 73.8 Å². The minimum absolute atomic E-state index is 0.0329. The van der Waals surface area contributed by atoms with Crippen molar-refractivity contribution >= 4 is 17.6 Å². The van der Waals surface area contributed by atoms with Crippen LogP contribution in [0, 0.1) is 19.8 Å². The number of carbonyl (C=O) groups is 2. The molecule has 0 spiro atoms. The number of rotatable bonds is 9. The maximum Gasteiger partial charge on any atom is 0.322 e. The smallest absolute Gasteiger partial charge is 0.322 e. The molecule has 6 nitrogen and oxygen atoms in total. The van der Waals surface area contributed by atoms with Crippen molar-refractivity contribution in [2.45, 2.75) is 47.6 Å². The zero-order valence-electron chi connectivity index (χ0n) is 19.2. The van der Waals surface area contributed by atoms with E-state index in [0.717, 1.165) is 28.9 Å². The number of amides is 3. The fraction of sp³-hybridized carbons (Fsp3) is 0.500. The van der Waals surface area contributed by atoms with E-state index in [-0.39, 0.29) is 18.5 Å². The minimum Gasteiger partial charge on any atom is -0.353 e. The Morgan fingerprint density at radius 1 is 1.10 bits per heavy atom. The summed E-state index contributed by atoms with van der Waals surface area (Å²) in [7, 11) is 1.98. The first-order valence-corrected chi connectivity index (χ1v) is 10.7. The zero-order valence-corrected chi connectivity index (χ0v) is 19.2. The molecule has 0 radical (unpaired) electrons. The molecular weight excluding hydrogens is 376 g/mol. The van der Waals surface area contributed by atoms with Crippen LogP contribution in [0.5, 0.6) is 0 Å². The number of anilines is 1. The number of hydrogen-bond acceptors (Lipinski definition) is 2. The third kappa shape index (κ3) is 6.37. The number of hydrogen-bond donors (Lipinski definition) is 1. The normalized spacial score (nSPS) is 10.9. The maximum absolute atomic E-state index is 13.2. The summed E-state index contributed by atoms with van der Waals surface area (Å²) in [6.07, 6.45) is 2.77. The minimum atomic E-state index is -0.234. The molecular formula is C24H36N4O2. The largest absolute Gasteiger partial charge is 0.353 e. The molecule has 164 valence electrons. The number of aromatic nitrogens is 1. The molecule has 1 aromatic heterocycles. The van der Waals surface area contributed by atoms with Crippen molar-refractivity contribution in [3.63, 3.8) is 0 Å². The Bertz CT molecular complexity index is 857. The zero-order chi connectivity index (χ0) is 22.3. The molecule has 3 amide bonds. The lowest BCUT2D eigenvalue weighted by atomic mass is 10.1. The molecule has 6 heteroatoms. The summed E-state index contributed by atoms with van der Waals surface area (Å²) in [5, 5.41) is 2.99. The van der Waals surface area contributed by atoms with Crippen LogP contribution in [0.1, 0.15) is 44.0 Å². The number of aryl methyl sites for hydroxylation is 2. The molecule has 0 aliphatic rings. The summed E-state index contributed by atoms with van der Waals surface area (Å²) >= 11 is 0. The third-order valence-electron chi connectivity index (χ3n) is 5.30. The Labute approximate surface area is 180 Å². The van der Waals surface area contributed by atoms with Gasteiger partial charge in [0.2, 0.25) is 5.91 Å². The second kappa shape index (κ2) is 10.9. The molecule has 0 atom stereocenters. The predicted molar refractivity (Wildman–Crippen MR) is 122 cm³/mol. The Hall–Kier alpha value is -2.76. The number of nitrogens with zero attached hydrogens (tertiary/aromatic N) is 3. The van der Waals surface area contributed by atoms with Crippen LogP contribution in [0.3, 0.4) is 0 Å². The topological polar surface area (TPSA) is 57.6 Å². The van der Waals surface area contributed by atoms with Gasteiger partial charge in [0, 0.05) is 37.7 Å². The van der Waals surface area contributed by atoms with Crippen molar-refractivity contribution in [1.29, 1.82) is 0 Å². The predicted octanol–water partition coefficient (Wildman–Crippen LogP) is 4.57. The van der Waals surface area contributed by atoms with Crippen LogP contribution < -0.4 is 5.32 Å². The van der Waals surface area contributed by atoms with Gasteiger partial charge in [0.05, 0.1) is 6.54 Å². The van der Waals surface area contributed by atoms with Gasteiger partial charge in [-0.15, -0.1) is 0 Å². The highest BCUT2D eigenvalue weighted by Gasteiger charge is 2.22. The molecule has 0 saturated heterocycles. The maximum atomic E-state index is 13.2. The summed E-state index contributed by atoms with van der Waals surface area (Å²) < 4.78 is 2.03. The first-order chi connectivity index (χ1) is 14.2. The van der Waals surface area contributed by atoms with Gasteiger partial charge in [-0.2, -0.15) is 0 Å². The van der Waals surface area contributed by atoms with Crippen LogP contribution in [0.25, 0.3) is 0 Å². The van der Waals surface area contributed by atoms with Crippen molar-refractivity contribution in [3.8, 4) is 0 Å². The SMILES string of the molecule is CCCN(CC(=O)N(Cc1cccn1C)CC(C)C)C(=O)Nc1cccc(C)c1C. The summed E-state index contributed by atoms with van der Waals surface area (Å²) in [5.74, 6) is 0.312. The first-order valence-electron chi connectivity index (χ1n) is 10.7. The Morgan fingerprint density at radius 2 is 1.83 bits per heavy atom. The Balaban J connectivity index is 2.13. The van der Waals surface area contributed by atoms with E-state index >= 15 is 0 Å². The summed E-state index contributed by atoms with van der Waals surface area (Å²) in [4.78, 5) is 29.6. The van der Waals surface area contributed by atoms with E-state index in [9.17, 15) is 9.59 Å². The van der Waals surface area contributed by atoms with E-state index in [2.05, 4.69) is 19.2 Å². The van der Waals surface area contributed by atoms with Gasteiger partial charge in [-0.1, -0.05) is 32.9 Å². The van der Waals surface area contributed by atoms with Crippen LogP contribution >= 0.6 is 0 Å². The van der Waals surface area contributed by atoms with Crippen LogP contribution in [0.4, 0.5) is 10.5 Å². The van der Waals surface area contributed by atoms with Gasteiger partial charge >= 0.3 is 6.03 Å². The van der Waals surface area contributed by atoms with Crippen molar-refractivity contribution < 1.29 is 9.59 Å². The van der Waals surface area contributed by atoms with E-state index in [1.165, 1.54) is 0 Å². The second-order valence-electron chi connectivity index (χ2n) is 8.38. The highest BCUT2D eigenvalue weighted by Crippen LogP contribution is 2.18. The van der Waals surface area contributed by atoms with E-state index in [0.29, 0.717) is 25.6 Å². The van der Waals surface area contributed by atoms with Crippen molar-refractivity contribution in [2.24, 2.45) is 13.0 Å². The van der Waals surface area contributed by atoms with Crippen LogP contribution in [0.2, 0.25) is 0 Å². The van der Waals surface area contributed by atoms with Gasteiger partial charge in [-0.3, -0.25) is 4.79 Å². The molecule has 0 aliphatic carbocycles. The average molecular weight is 413 g/mol. The van der Waals surface area contributed by atoms with Gasteiger partial charge in [0.1, 0.15) is 6.54 Å². The third-order valence-corrected chi connectivity index (χ3v) is 5.30. The van der Waals surface area contributed by atoms with E-state index < -0.39 is 0 Å².